The minimum atomic E-state index is -2.32. The fourth-order valence-electron chi connectivity index (χ4n) is 1.77. The van der Waals surface area contributed by atoms with Crippen LogP contribution in [0.15, 0.2) is 36.4 Å². The normalized spacial score (nSPS) is 18.2. The van der Waals surface area contributed by atoms with Crippen LogP contribution in [-0.4, -0.2) is 9.97 Å². The van der Waals surface area contributed by atoms with Crippen LogP contribution in [0.3, 0.4) is 0 Å². The molecule has 0 aliphatic rings. The first-order chi connectivity index (χ1) is 10.2. The molecule has 3 rings (SSSR count). The molecule has 2 heterocycles. The van der Waals surface area contributed by atoms with E-state index >= 15 is 0 Å². The van der Waals surface area contributed by atoms with E-state index in [0.717, 1.165) is 10.8 Å². The van der Waals surface area contributed by atoms with E-state index < -0.39 is 13.7 Å². The maximum Gasteiger partial charge on any atom is 0.0967 e. The lowest BCUT2D eigenvalue weighted by atomic mass is 10.1. The first kappa shape index (κ1) is 4.91. The summed E-state index contributed by atoms with van der Waals surface area (Å²) >= 11 is 0. The van der Waals surface area contributed by atoms with Crippen molar-refractivity contribution in [3.05, 3.63) is 47.8 Å². The Morgan fingerprint density at radius 1 is 0.750 bits per heavy atom. The van der Waals surface area contributed by atoms with Gasteiger partial charge in [-0.05, 0) is 25.8 Å². The van der Waals surface area contributed by atoms with Gasteiger partial charge >= 0.3 is 0 Å². The molecule has 0 unspecified atom stereocenters. The molecule has 2 nitrogen and oxygen atoms in total. The lowest BCUT2D eigenvalue weighted by Gasteiger charge is -2.04. The molecule has 0 saturated heterocycles. The van der Waals surface area contributed by atoms with E-state index in [1.165, 1.54) is 12.1 Å². The number of nitrogens with zero attached hydrogens (tertiary/aromatic N) is 2. The van der Waals surface area contributed by atoms with E-state index in [0.29, 0.717) is 11.0 Å². The molecule has 0 atom stereocenters. The standard InChI is InChI=1S/C14H12N2/c1-9-3-5-11-7-8-12-6-4-10(2)16-14(12)13(11)15-9/h3-8H,1-2H3/i1D3,2D3. The Hall–Kier alpha value is -1.96. The number of hydrogen-bond donors (Lipinski definition) is 0. The van der Waals surface area contributed by atoms with Gasteiger partial charge in [0.25, 0.3) is 0 Å². The van der Waals surface area contributed by atoms with Gasteiger partial charge < -0.3 is 0 Å². The predicted molar refractivity (Wildman–Crippen MR) is 66.5 cm³/mol. The Kier molecular flexibility index (Phi) is 1.00. The van der Waals surface area contributed by atoms with Gasteiger partial charge in [-0.3, -0.25) is 9.97 Å². The van der Waals surface area contributed by atoms with E-state index in [4.69, 9.17) is 8.22 Å². The van der Waals surface area contributed by atoms with E-state index in [-0.39, 0.29) is 11.4 Å². The Balaban J connectivity index is 2.36. The molecule has 0 N–H and O–H groups in total. The second kappa shape index (κ2) is 3.27. The van der Waals surface area contributed by atoms with Crippen molar-refractivity contribution >= 4 is 21.8 Å². The lowest BCUT2D eigenvalue weighted by Crippen LogP contribution is -1.89. The van der Waals surface area contributed by atoms with Crippen molar-refractivity contribution in [2.45, 2.75) is 13.7 Å². The summed E-state index contributed by atoms with van der Waals surface area (Å²) in [6.45, 7) is -4.64. The molecule has 0 saturated carbocycles. The zero-order valence-electron chi connectivity index (χ0n) is 14.4. The summed E-state index contributed by atoms with van der Waals surface area (Å²) in [6, 6.07) is 9.85. The number of hydrogen-bond acceptors (Lipinski definition) is 2. The number of fused-ring (bicyclic) bond motifs is 3. The third-order valence-corrected chi connectivity index (χ3v) is 2.52. The minimum Gasteiger partial charge on any atom is -0.251 e. The maximum atomic E-state index is 7.46. The summed E-state index contributed by atoms with van der Waals surface area (Å²) in [5.74, 6) is 0. The highest BCUT2D eigenvalue weighted by Crippen LogP contribution is 2.22. The predicted octanol–water partition coefficient (Wildman–Crippen LogP) is 3.40. The SMILES string of the molecule is [2H]C([2H])([2H])c1ccc2ccc3ccc(C([2H])([2H])[2H])nc3c2n1. The number of pyridine rings is 2. The van der Waals surface area contributed by atoms with Crippen molar-refractivity contribution in [2.24, 2.45) is 0 Å². The highest BCUT2D eigenvalue weighted by atomic mass is 14.8. The van der Waals surface area contributed by atoms with E-state index in [1.54, 1.807) is 12.1 Å². The second-order valence-corrected chi connectivity index (χ2v) is 3.60. The molecule has 0 bridgehead atoms. The summed E-state index contributed by atoms with van der Waals surface area (Å²) in [5.41, 5.74) is 0.733. The van der Waals surface area contributed by atoms with E-state index in [2.05, 4.69) is 9.97 Å². The Labute approximate surface area is 102 Å². The Bertz CT molecular complexity index is 794. The van der Waals surface area contributed by atoms with Crippen molar-refractivity contribution in [3.8, 4) is 0 Å². The van der Waals surface area contributed by atoms with Crippen LogP contribution in [0.1, 0.15) is 19.6 Å². The molecule has 2 heteroatoms. The van der Waals surface area contributed by atoms with Gasteiger partial charge in [0.05, 0.1) is 11.0 Å². The monoisotopic (exact) mass is 214 g/mol. The van der Waals surface area contributed by atoms with Gasteiger partial charge in [0, 0.05) is 30.4 Å². The third-order valence-electron chi connectivity index (χ3n) is 2.52. The van der Waals surface area contributed by atoms with Gasteiger partial charge in [-0.2, -0.15) is 0 Å². The van der Waals surface area contributed by atoms with E-state index in [1.807, 2.05) is 12.1 Å². The Morgan fingerprint density at radius 3 is 1.62 bits per heavy atom. The summed E-state index contributed by atoms with van der Waals surface area (Å²) in [6.07, 6.45) is 0. The Morgan fingerprint density at radius 2 is 1.19 bits per heavy atom. The molecule has 0 fully saturated rings. The zero-order valence-corrected chi connectivity index (χ0v) is 8.36. The largest absolute Gasteiger partial charge is 0.251 e. The van der Waals surface area contributed by atoms with Crippen LogP contribution in [0.5, 0.6) is 0 Å². The van der Waals surface area contributed by atoms with Crippen molar-refractivity contribution in [3.63, 3.8) is 0 Å². The zero-order chi connectivity index (χ0) is 16.1. The average Bonchev–Trinajstić information content (AvgIpc) is 2.44. The first-order valence-electron chi connectivity index (χ1n) is 7.88. The maximum absolute atomic E-state index is 7.46. The van der Waals surface area contributed by atoms with Crippen molar-refractivity contribution < 1.29 is 8.22 Å². The third kappa shape index (κ3) is 1.34. The molecule has 0 aliphatic heterocycles. The quantitative estimate of drug-likeness (QED) is 0.536. The number of aryl methyl sites for hydroxylation is 2. The molecule has 0 aliphatic carbocycles. The fourth-order valence-corrected chi connectivity index (χ4v) is 1.77. The van der Waals surface area contributed by atoms with Crippen molar-refractivity contribution in [1.82, 2.24) is 9.97 Å². The van der Waals surface area contributed by atoms with Gasteiger partial charge in [-0.1, -0.05) is 24.3 Å². The fraction of sp³-hybridized carbons (Fsp3) is 0.143. The van der Waals surface area contributed by atoms with Crippen molar-refractivity contribution in [1.29, 1.82) is 0 Å². The molecule has 16 heavy (non-hydrogen) atoms. The number of rotatable bonds is 0. The summed E-state index contributed by atoms with van der Waals surface area (Å²) in [4.78, 5) is 8.38. The summed E-state index contributed by atoms with van der Waals surface area (Å²) in [7, 11) is 0. The van der Waals surface area contributed by atoms with Gasteiger partial charge in [0.1, 0.15) is 0 Å². The molecular formula is C14H12N2. The lowest BCUT2D eigenvalue weighted by molar-refractivity contribution is 1.23. The second-order valence-electron chi connectivity index (χ2n) is 3.60. The molecule has 3 aromatic rings. The molecule has 2 aromatic heterocycles. The molecule has 78 valence electrons. The molecule has 0 amide bonds. The summed E-state index contributed by atoms with van der Waals surface area (Å²) < 4.78 is 44.7. The van der Waals surface area contributed by atoms with Crippen molar-refractivity contribution in [2.75, 3.05) is 0 Å². The average molecular weight is 214 g/mol. The van der Waals surface area contributed by atoms with Crippen LogP contribution in [0.25, 0.3) is 21.8 Å². The summed E-state index contributed by atoms with van der Waals surface area (Å²) in [5, 5.41) is 1.44. The van der Waals surface area contributed by atoms with Gasteiger partial charge in [-0.25, -0.2) is 0 Å². The van der Waals surface area contributed by atoms with Crippen LogP contribution >= 0.6 is 0 Å². The first-order valence-corrected chi connectivity index (χ1v) is 4.88. The van der Waals surface area contributed by atoms with Gasteiger partial charge in [-0.15, -0.1) is 0 Å². The number of aromatic nitrogens is 2. The van der Waals surface area contributed by atoms with Crippen LogP contribution in [0.2, 0.25) is 0 Å². The molecule has 1 aromatic carbocycles. The molecular weight excluding hydrogens is 196 g/mol. The van der Waals surface area contributed by atoms with Crippen LogP contribution in [0.4, 0.5) is 0 Å². The molecule has 0 radical (unpaired) electrons. The topological polar surface area (TPSA) is 25.8 Å². The van der Waals surface area contributed by atoms with Gasteiger partial charge in [0.15, 0.2) is 0 Å². The van der Waals surface area contributed by atoms with Gasteiger partial charge in [0.2, 0.25) is 0 Å². The highest BCUT2D eigenvalue weighted by molar-refractivity contribution is 6.02. The smallest absolute Gasteiger partial charge is 0.0967 e. The highest BCUT2D eigenvalue weighted by Gasteiger charge is 2.03. The van der Waals surface area contributed by atoms with Crippen LogP contribution in [-0.2, 0) is 0 Å². The van der Waals surface area contributed by atoms with E-state index in [9.17, 15) is 0 Å². The van der Waals surface area contributed by atoms with Crippen LogP contribution < -0.4 is 0 Å². The minimum absolute atomic E-state index is 0.0337. The van der Waals surface area contributed by atoms with Crippen LogP contribution in [0, 0.1) is 13.7 Å². The molecule has 0 spiro atoms. The number of benzene rings is 1.